The van der Waals surface area contributed by atoms with E-state index in [1.807, 2.05) is 30.3 Å². The van der Waals surface area contributed by atoms with Crippen molar-refractivity contribution in [1.82, 2.24) is 0 Å². The molecular weight excluding hydrogens is 241 g/mol. The van der Waals surface area contributed by atoms with Gasteiger partial charge in [-0.15, -0.1) is 0 Å². The van der Waals surface area contributed by atoms with Gasteiger partial charge in [0.1, 0.15) is 11.6 Å². The zero-order valence-corrected chi connectivity index (χ0v) is 11.0. The molecule has 0 amide bonds. The summed E-state index contributed by atoms with van der Waals surface area (Å²) in [7, 11) is 0. The predicted octanol–water partition coefficient (Wildman–Crippen LogP) is 4.23. The molecule has 0 aliphatic heterocycles. The van der Waals surface area contributed by atoms with Gasteiger partial charge >= 0.3 is 0 Å². The fraction of sp³-hybridized carbons (Fsp3) is 0.250. The van der Waals surface area contributed by atoms with Crippen LogP contribution in [0.1, 0.15) is 18.9 Å². The first kappa shape index (κ1) is 13.4. The van der Waals surface area contributed by atoms with Crippen LogP contribution in [-0.2, 0) is 6.54 Å². The Morgan fingerprint density at radius 2 is 1.79 bits per heavy atom. The molecule has 0 aliphatic rings. The minimum absolute atomic E-state index is 0.183. The highest BCUT2D eigenvalue weighted by atomic mass is 19.1. The summed E-state index contributed by atoms with van der Waals surface area (Å²) in [5.74, 6) is 0.677. The number of nitrogens with one attached hydrogen (secondary N) is 1. The molecule has 0 aliphatic carbocycles. The van der Waals surface area contributed by atoms with Gasteiger partial charge in [0, 0.05) is 17.8 Å². The molecule has 0 heterocycles. The molecule has 1 N–H and O–H groups in total. The summed E-state index contributed by atoms with van der Waals surface area (Å²) < 4.78 is 18.9. The highest BCUT2D eigenvalue weighted by molar-refractivity contribution is 5.46. The molecule has 0 saturated carbocycles. The van der Waals surface area contributed by atoms with Crippen LogP contribution in [0.15, 0.2) is 48.5 Å². The molecule has 0 unspecified atom stereocenters. The summed E-state index contributed by atoms with van der Waals surface area (Å²) in [6.07, 6.45) is 0.993. The summed E-state index contributed by atoms with van der Waals surface area (Å²) in [5.41, 5.74) is 1.61. The monoisotopic (exact) mass is 259 g/mol. The lowest BCUT2D eigenvalue weighted by Gasteiger charge is -2.09. The summed E-state index contributed by atoms with van der Waals surface area (Å²) >= 11 is 0. The first-order valence-corrected chi connectivity index (χ1v) is 6.49. The number of anilines is 1. The molecule has 0 saturated heterocycles. The number of hydrogen-bond acceptors (Lipinski definition) is 2. The van der Waals surface area contributed by atoms with Crippen LogP contribution >= 0.6 is 0 Å². The molecule has 0 bridgehead atoms. The maximum atomic E-state index is 13.4. The van der Waals surface area contributed by atoms with E-state index < -0.39 is 0 Å². The van der Waals surface area contributed by atoms with Crippen molar-refractivity contribution in [3.05, 3.63) is 59.9 Å². The minimum atomic E-state index is -0.183. The van der Waals surface area contributed by atoms with Crippen molar-refractivity contribution < 1.29 is 9.13 Å². The Balaban J connectivity index is 1.91. The highest BCUT2D eigenvalue weighted by Gasteiger charge is 2.00. The molecule has 0 aromatic heterocycles. The molecule has 0 radical (unpaired) electrons. The van der Waals surface area contributed by atoms with Crippen LogP contribution in [0.5, 0.6) is 5.75 Å². The molecule has 2 aromatic carbocycles. The minimum Gasteiger partial charge on any atom is -0.494 e. The van der Waals surface area contributed by atoms with E-state index in [-0.39, 0.29) is 5.82 Å². The molecule has 19 heavy (non-hydrogen) atoms. The Morgan fingerprint density at radius 3 is 2.47 bits per heavy atom. The molecule has 100 valence electrons. The van der Waals surface area contributed by atoms with Crippen LogP contribution in [-0.4, -0.2) is 6.61 Å². The molecule has 0 atom stereocenters. The second-order valence-electron chi connectivity index (χ2n) is 4.32. The lowest BCUT2D eigenvalue weighted by Crippen LogP contribution is -2.01. The van der Waals surface area contributed by atoms with Gasteiger partial charge in [0.15, 0.2) is 0 Å². The predicted molar refractivity (Wildman–Crippen MR) is 76.0 cm³/mol. The third-order valence-corrected chi connectivity index (χ3v) is 2.77. The number of ether oxygens (including phenoxy) is 1. The van der Waals surface area contributed by atoms with E-state index in [2.05, 4.69) is 12.2 Å². The normalized spacial score (nSPS) is 10.2. The Kier molecular flexibility index (Phi) is 4.78. The van der Waals surface area contributed by atoms with Crippen molar-refractivity contribution in [2.75, 3.05) is 11.9 Å². The quantitative estimate of drug-likeness (QED) is 0.838. The van der Waals surface area contributed by atoms with Crippen LogP contribution < -0.4 is 10.1 Å². The second kappa shape index (κ2) is 6.78. The molecule has 0 spiro atoms. The highest BCUT2D eigenvalue weighted by Crippen LogP contribution is 2.17. The Hall–Kier alpha value is -2.03. The fourth-order valence-electron chi connectivity index (χ4n) is 1.73. The van der Waals surface area contributed by atoms with Crippen molar-refractivity contribution in [2.45, 2.75) is 19.9 Å². The molecule has 2 nitrogen and oxygen atoms in total. The van der Waals surface area contributed by atoms with E-state index in [4.69, 9.17) is 4.74 Å². The third kappa shape index (κ3) is 3.98. The molecule has 0 fully saturated rings. The maximum Gasteiger partial charge on any atom is 0.128 e. The van der Waals surface area contributed by atoms with Crippen molar-refractivity contribution >= 4 is 5.69 Å². The Labute approximate surface area is 113 Å². The average Bonchev–Trinajstić information content (AvgIpc) is 2.45. The molecule has 2 rings (SSSR count). The zero-order chi connectivity index (χ0) is 13.5. The summed E-state index contributed by atoms with van der Waals surface area (Å²) in [6, 6.07) is 14.5. The first-order chi connectivity index (χ1) is 9.29. The van der Waals surface area contributed by atoms with Gasteiger partial charge in [-0.05, 0) is 36.8 Å². The van der Waals surface area contributed by atoms with Gasteiger partial charge in [-0.2, -0.15) is 0 Å². The number of rotatable bonds is 6. The van der Waals surface area contributed by atoms with Crippen LogP contribution in [0.2, 0.25) is 0 Å². The SMILES string of the molecule is CCCOc1ccc(NCc2ccccc2F)cc1. The Bertz CT molecular complexity index is 510. The number of halogens is 1. The molecular formula is C16H18FNO. The summed E-state index contributed by atoms with van der Waals surface area (Å²) in [6.45, 7) is 3.27. The van der Waals surface area contributed by atoms with Gasteiger partial charge in [-0.1, -0.05) is 25.1 Å². The summed E-state index contributed by atoms with van der Waals surface area (Å²) in [4.78, 5) is 0. The number of hydrogen-bond donors (Lipinski definition) is 1. The van der Waals surface area contributed by atoms with Crippen molar-refractivity contribution in [3.63, 3.8) is 0 Å². The van der Waals surface area contributed by atoms with Crippen molar-refractivity contribution in [3.8, 4) is 5.75 Å². The zero-order valence-electron chi connectivity index (χ0n) is 11.0. The van der Waals surface area contributed by atoms with Crippen molar-refractivity contribution in [1.29, 1.82) is 0 Å². The molecule has 3 heteroatoms. The third-order valence-electron chi connectivity index (χ3n) is 2.77. The lowest BCUT2D eigenvalue weighted by molar-refractivity contribution is 0.317. The molecule has 2 aromatic rings. The van der Waals surface area contributed by atoms with E-state index in [9.17, 15) is 4.39 Å². The second-order valence-corrected chi connectivity index (χ2v) is 4.32. The first-order valence-electron chi connectivity index (χ1n) is 6.49. The van der Waals surface area contributed by atoms with Crippen LogP contribution in [0.25, 0.3) is 0 Å². The van der Waals surface area contributed by atoms with E-state index in [1.165, 1.54) is 6.07 Å². The van der Waals surface area contributed by atoms with Crippen LogP contribution in [0.3, 0.4) is 0 Å². The summed E-state index contributed by atoms with van der Waals surface area (Å²) in [5, 5.41) is 3.19. The Morgan fingerprint density at radius 1 is 1.05 bits per heavy atom. The standard InChI is InChI=1S/C16H18FNO/c1-2-11-19-15-9-7-14(8-10-15)18-12-13-5-3-4-6-16(13)17/h3-10,18H,2,11-12H2,1H3. The van der Waals surface area contributed by atoms with Crippen LogP contribution in [0, 0.1) is 5.82 Å². The maximum absolute atomic E-state index is 13.4. The smallest absolute Gasteiger partial charge is 0.128 e. The van der Waals surface area contributed by atoms with Gasteiger partial charge in [0.2, 0.25) is 0 Å². The van der Waals surface area contributed by atoms with E-state index in [0.29, 0.717) is 12.1 Å². The fourth-order valence-corrected chi connectivity index (χ4v) is 1.73. The largest absolute Gasteiger partial charge is 0.494 e. The van der Waals surface area contributed by atoms with E-state index in [1.54, 1.807) is 12.1 Å². The lowest BCUT2D eigenvalue weighted by atomic mass is 10.2. The topological polar surface area (TPSA) is 21.3 Å². The van der Waals surface area contributed by atoms with Gasteiger partial charge in [-0.3, -0.25) is 0 Å². The van der Waals surface area contributed by atoms with E-state index >= 15 is 0 Å². The van der Waals surface area contributed by atoms with Gasteiger partial charge in [0.05, 0.1) is 6.61 Å². The van der Waals surface area contributed by atoms with Gasteiger partial charge < -0.3 is 10.1 Å². The van der Waals surface area contributed by atoms with Crippen molar-refractivity contribution in [2.24, 2.45) is 0 Å². The average molecular weight is 259 g/mol. The van der Waals surface area contributed by atoms with Gasteiger partial charge in [0.25, 0.3) is 0 Å². The van der Waals surface area contributed by atoms with Crippen LogP contribution in [0.4, 0.5) is 10.1 Å². The van der Waals surface area contributed by atoms with Gasteiger partial charge in [-0.25, -0.2) is 4.39 Å². The number of benzene rings is 2. The van der Waals surface area contributed by atoms with E-state index in [0.717, 1.165) is 24.5 Å².